The van der Waals surface area contributed by atoms with Gasteiger partial charge in [0.1, 0.15) is 0 Å². The molecule has 1 aliphatic heterocycles. The van der Waals surface area contributed by atoms with Gasteiger partial charge in [-0.1, -0.05) is 13.0 Å². The van der Waals surface area contributed by atoms with Gasteiger partial charge in [0.15, 0.2) is 5.13 Å². The van der Waals surface area contributed by atoms with Crippen LogP contribution in [0.2, 0.25) is 0 Å². The Morgan fingerprint density at radius 2 is 2.26 bits per heavy atom. The fourth-order valence-corrected chi connectivity index (χ4v) is 3.92. The molecule has 2 heterocycles. The van der Waals surface area contributed by atoms with Crippen LogP contribution in [0.15, 0.2) is 6.08 Å². The summed E-state index contributed by atoms with van der Waals surface area (Å²) in [6.07, 6.45) is 7.15. The molecular formula is C13H21Cl2N3S. The summed E-state index contributed by atoms with van der Waals surface area (Å²) in [4.78, 5) is 8.54. The van der Waals surface area contributed by atoms with Crippen LogP contribution in [-0.2, 0) is 6.42 Å². The lowest BCUT2D eigenvalue weighted by Crippen LogP contribution is -2.41. The van der Waals surface area contributed by atoms with Crippen molar-refractivity contribution in [1.82, 2.24) is 9.88 Å². The van der Waals surface area contributed by atoms with Crippen molar-refractivity contribution >= 4 is 46.9 Å². The van der Waals surface area contributed by atoms with E-state index < -0.39 is 0 Å². The minimum Gasteiger partial charge on any atom is -0.375 e. The standard InChI is InChI=1S/C13H19N3S.2ClH/c1-2-7-16-8-3-4-9-10(16)5-6-11-12(9)15-13(14)17-11;;/h4,10H,2-3,5-8H2,1H3,(H2,14,15);2*1H/t10-;;/m0../s1. The molecule has 0 spiro atoms. The first kappa shape index (κ1) is 16.8. The molecule has 0 fully saturated rings. The lowest BCUT2D eigenvalue weighted by atomic mass is 9.87. The summed E-state index contributed by atoms with van der Waals surface area (Å²) in [5.74, 6) is 0. The van der Waals surface area contributed by atoms with Crippen LogP contribution in [0, 0.1) is 0 Å². The summed E-state index contributed by atoms with van der Waals surface area (Å²) in [7, 11) is 0. The van der Waals surface area contributed by atoms with E-state index in [1.54, 1.807) is 11.3 Å². The Balaban J connectivity index is 0.000000902. The maximum absolute atomic E-state index is 5.84. The SMILES string of the molecule is CCCN1CCC=C2c3nc(N)sc3CC[C@@H]21.Cl.Cl. The van der Waals surface area contributed by atoms with Gasteiger partial charge in [-0.2, -0.15) is 0 Å². The molecule has 0 radical (unpaired) electrons. The molecule has 3 nitrogen and oxygen atoms in total. The number of nitrogens with two attached hydrogens (primary N) is 1. The molecule has 0 saturated heterocycles. The zero-order valence-corrected chi connectivity index (χ0v) is 13.5. The van der Waals surface area contributed by atoms with Gasteiger partial charge < -0.3 is 5.73 Å². The molecule has 19 heavy (non-hydrogen) atoms. The average molecular weight is 322 g/mol. The number of aromatic nitrogens is 1. The molecule has 2 N–H and O–H groups in total. The summed E-state index contributed by atoms with van der Waals surface area (Å²) in [5, 5.41) is 0.726. The first-order valence-electron chi connectivity index (χ1n) is 6.49. The van der Waals surface area contributed by atoms with E-state index in [4.69, 9.17) is 5.73 Å². The Hall–Kier alpha value is -0.290. The van der Waals surface area contributed by atoms with E-state index in [0.717, 1.165) is 18.0 Å². The molecular weight excluding hydrogens is 301 g/mol. The quantitative estimate of drug-likeness (QED) is 0.907. The van der Waals surface area contributed by atoms with E-state index in [0.29, 0.717) is 6.04 Å². The fraction of sp³-hybridized carbons (Fsp3) is 0.615. The second-order valence-corrected chi connectivity index (χ2v) is 5.98. The zero-order valence-electron chi connectivity index (χ0n) is 11.1. The van der Waals surface area contributed by atoms with Gasteiger partial charge >= 0.3 is 0 Å². The summed E-state index contributed by atoms with van der Waals surface area (Å²) in [6.45, 7) is 4.67. The van der Waals surface area contributed by atoms with Crippen LogP contribution in [0.5, 0.6) is 0 Å². The molecule has 1 aromatic heterocycles. The molecule has 1 aromatic rings. The van der Waals surface area contributed by atoms with E-state index in [1.807, 2.05) is 0 Å². The van der Waals surface area contributed by atoms with Crippen LogP contribution < -0.4 is 5.73 Å². The van der Waals surface area contributed by atoms with Crippen molar-refractivity contribution in [3.8, 4) is 0 Å². The zero-order chi connectivity index (χ0) is 11.8. The lowest BCUT2D eigenvalue weighted by Gasteiger charge is -2.38. The van der Waals surface area contributed by atoms with Gasteiger partial charge in [0.05, 0.1) is 5.69 Å². The third kappa shape index (κ3) is 3.07. The van der Waals surface area contributed by atoms with Crippen LogP contribution in [0.25, 0.3) is 5.57 Å². The van der Waals surface area contributed by atoms with Crippen molar-refractivity contribution in [3.05, 3.63) is 16.6 Å². The number of aryl methyl sites for hydroxylation is 1. The highest BCUT2D eigenvalue weighted by molar-refractivity contribution is 7.15. The highest BCUT2D eigenvalue weighted by atomic mass is 35.5. The molecule has 0 amide bonds. The summed E-state index contributed by atoms with van der Waals surface area (Å²) < 4.78 is 0. The second-order valence-electron chi connectivity index (χ2n) is 4.86. The molecule has 0 aromatic carbocycles. The first-order valence-corrected chi connectivity index (χ1v) is 7.31. The van der Waals surface area contributed by atoms with Gasteiger partial charge in [-0.25, -0.2) is 4.98 Å². The number of hydrogen-bond donors (Lipinski definition) is 1. The van der Waals surface area contributed by atoms with Gasteiger partial charge in [-0.05, 0) is 37.8 Å². The first-order chi connectivity index (χ1) is 8.29. The normalized spacial score (nSPS) is 21.5. The molecule has 3 rings (SSSR count). The third-order valence-electron chi connectivity index (χ3n) is 3.72. The number of anilines is 1. The van der Waals surface area contributed by atoms with Crippen molar-refractivity contribution in [1.29, 1.82) is 0 Å². The largest absolute Gasteiger partial charge is 0.375 e. The highest BCUT2D eigenvalue weighted by Gasteiger charge is 2.32. The summed E-state index contributed by atoms with van der Waals surface area (Å²) in [6, 6.07) is 0.595. The predicted octanol–water partition coefficient (Wildman–Crippen LogP) is 3.38. The van der Waals surface area contributed by atoms with Crippen molar-refractivity contribution in [2.24, 2.45) is 0 Å². The van der Waals surface area contributed by atoms with Crippen LogP contribution in [0.3, 0.4) is 0 Å². The van der Waals surface area contributed by atoms with E-state index in [1.165, 1.54) is 42.1 Å². The fourth-order valence-electron chi connectivity index (χ4n) is 3.05. The summed E-state index contributed by atoms with van der Waals surface area (Å²) >= 11 is 1.67. The molecule has 1 aliphatic carbocycles. The van der Waals surface area contributed by atoms with Crippen molar-refractivity contribution in [2.75, 3.05) is 18.8 Å². The number of thiazole rings is 1. The van der Waals surface area contributed by atoms with E-state index >= 15 is 0 Å². The van der Waals surface area contributed by atoms with Gasteiger partial charge in [0.2, 0.25) is 0 Å². The van der Waals surface area contributed by atoms with Gasteiger partial charge in [0.25, 0.3) is 0 Å². The maximum atomic E-state index is 5.84. The maximum Gasteiger partial charge on any atom is 0.180 e. The number of fused-ring (bicyclic) bond motifs is 3. The molecule has 0 bridgehead atoms. The number of halogens is 2. The van der Waals surface area contributed by atoms with E-state index in [9.17, 15) is 0 Å². The molecule has 2 aliphatic rings. The Morgan fingerprint density at radius 1 is 1.47 bits per heavy atom. The molecule has 0 unspecified atom stereocenters. The van der Waals surface area contributed by atoms with Gasteiger partial charge in [0, 0.05) is 17.5 Å². The smallest absolute Gasteiger partial charge is 0.180 e. The van der Waals surface area contributed by atoms with Crippen molar-refractivity contribution in [3.63, 3.8) is 0 Å². The van der Waals surface area contributed by atoms with Crippen LogP contribution in [-0.4, -0.2) is 29.0 Å². The molecule has 108 valence electrons. The Morgan fingerprint density at radius 3 is 3.00 bits per heavy atom. The third-order valence-corrected chi connectivity index (χ3v) is 4.67. The molecule has 6 heteroatoms. The Kier molecular flexibility index (Phi) is 6.12. The van der Waals surface area contributed by atoms with Crippen molar-refractivity contribution in [2.45, 2.75) is 38.6 Å². The Bertz CT molecular complexity index is 459. The lowest BCUT2D eigenvalue weighted by molar-refractivity contribution is 0.219. The minimum absolute atomic E-state index is 0. The number of hydrogen-bond acceptors (Lipinski definition) is 4. The van der Waals surface area contributed by atoms with E-state index in [2.05, 4.69) is 22.9 Å². The monoisotopic (exact) mass is 321 g/mol. The summed E-state index contributed by atoms with van der Waals surface area (Å²) in [5.41, 5.74) is 8.48. The van der Waals surface area contributed by atoms with Crippen LogP contribution in [0.4, 0.5) is 5.13 Å². The van der Waals surface area contributed by atoms with Crippen LogP contribution in [0.1, 0.15) is 36.8 Å². The number of nitrogen functional groups attached to an aromatic ring is 1. The molecule has 1 atom stereocenters. The predicted molar refractivity (Wildman–Crippen MR) is 87.6 cm³/mol. The Labute approximate surface area is 131 Å². The minimum atomic E-state index is 0. The molecule has 0 saturated carbocycles. The van der Waals surface area contributed by atoms with Gasteiger partial charge in [-0.15, -0.1) is 36.2 Å². The second kappa shape index (κ2) is 6.93. The van der Waals surface area contributed by atoms with E-state index in [-0.39, 0.29) is 24.8 Å². The number of rotatable bonds is 2. The van der Waals surface area contributed by atoms with Crippen molar-refractivity contribution < 1.29 is 0 Å². The highest BCUT2D eigenvalue weighted by Crippen LogP contribution is 2.39. The van der Waals surface area contributed by atoms with Crippen LogP contribution >= 0.6 is 36.2 Å². The average Bonchev–Trinajstić information content (AvgIpc) is 2.70. The number of nitrogens with zero attached hydrogens (tertiary/aromatic N) is 2. The van der Waals surface area contributed by atoms with Gasteiger partial charge in [-0.3, -0.25) is 4.90 Å². The topological polar surface area (TPSA) is 42.2 Å².